The van der Waals surface area contributed by atoms with Crippen LogP contribution in [-0.2, 0) is 17.8 Å². The molecule has 0 aliphatic rings. The number of fused-ring (bicyclic) bond motifs is 1. The van der Waals surface area contributed by atoms with E-state index in [2.05, 4.69) is 22.5 Å². The third-order valence-electron chi connectivity index (χ3n) is 4.67. The van der Waals surface area contributed by atoms with Gasteiger partial charge < -0.3 is 14.6 Å². The molecular weight excluding hydrogens is 386 g/mol. The van der Waals surface area contributed by atoms with Gasteiger partial charge >= 0.3 is 0 Å². The lowest BCUT2D eigenvalue weighted by Crippen LogP contribution is -2.22. The second kappa shape index (κ2) is 10.7. The smallest absolute Gasteiger partial charge is 0.243 e. The number of ether oxygens (including phenoxy) is 1. The number of para-hydroxylation sites is 3. The number of carbonyl (C=O) groups is 1. The minimum atomic E-state index is -0.142. The van der Waals surface area contributed by atoms with Gasteiger partial charge in [0, 0.05) is 19.5 Å². The van der Waals surface area contributed by atoms with Crippen molar-refractivity contribution in [1.29, 1.82) is 0 Å². The topological polar surface area (TPSA) is 56.2 Å². The molecule has 0 saturated carbocycles. The van der Waals surface area contributed by atoms with E-state index in [1.807, 2.05) is 42.5 Å². The van der Waals surface area contributed by atoms with Crippen LogP contribution in [0.5, 0.6) is 5.75 Å². The molecule has 1 heterocycles. The summed E-state index contributed by atoms with van der Waals surface area (Å²) in [5, 5.41) is 3.45. The van der Waals surface area contributed by atoms with Crippen LogP contribution in [0.3, 0.4) is 0 Å². The summed E-state index contributed by atoms with van der Waals surface area (Å²) in [5.41, 5.74) is 2.15. The highest BCUT2D eigenvalue weighted by Crippen LogP contribution is 2.23. The van der Waals surface area contributed by atoms with Crippen molar-refractivity contribution in [3.63, 3.8) is 0 Å². The predicted octanol–water partition coefficient (Wildman–Crippen LogP) is 4.78. The van der Waals surface area contributed by atoms with E-state index in [4.69, 9.17) is 21.3 Å². The molecule has 0 fully saturated rings. The molecule has 5 nitrogen and oxygen atoms in total. The third-order valence-corrected chi connectivity index (χ3v) is 4.98. The lowest BCUT2D eigenvalue weighted by Gasteiger charge is -2.11. The normalized spacial score (nSPS) is 10.8. The number of hydrogen-bond donors (Lipinski definition) is 1. The highest BCUT2D eigenvalue weighted by molar-refractivity contribution is 6.32. The molecule has 1 aromatic heterocycles. The van der Waals surface area contributed by atoms with Gasteiger partial charge in [0.1, 0.15) is 11.6 Å². The van der Waals surface area contributed by atoms with Gasteiger partial charge in [-0.15, -0.1) is 0 Å². The molecule has 0 saturated heterocycles. The van der Waals surface area contributed by atoms with Gasteiger partial charge in [-0.05, 0) is 49.6 Å². The molecule has 1 N–H and O–H groups in total. The van der Waals surface area contributed by atoms with E-state index in [1.165, 1.54) is 6.08 Å². The Morgan fingerprint density at radius 3 is 2.76 bits per heavy atom. The second-order valence-corrected chi connectivity index (χ2v) is 7.16. The molecule has 29 heavy (non-hydrogen) atoms. The van der Waals surface area contributed by atoms with Crippen molar-refractivity contribution in [2.45, 2.75) is 32.2 Å². The number of aromatic nitrogens is 2. The fourth-order valence-electron chi connectivity index (χ4n) is 3.21. The van der Waals surface area contributed by atoms with Crippen LogP contribution < -0.4 is 10.1 Å². The molecular formula is C23H26ClN3O2. The Morgan fingerprint density at radius 2 is 1.93 bits per heavy atom. The lowest BCUT2D eigenvalue weighted by molar-refractivity contribution is -0.116. The van der Waals surface area contributed by atoms with Crippen molar-refractivity contribution in [3.05, 3.63) is 72.0 Å². The number of benzene rings is 2. The van der Waals surface area contributed by atoms with Crippen LogP contribution in [0.25, 0.3) is 11.0 Å². The van der Waals surface area contributed by atoms with Gasteiger partial charge in [0.25, 0.3) is 0 Å². The Bertz CT molecular complexity index is 968. The van der Waals surface area contributed by atoms with Crippen LogP contribution in [-0.4, -0.2) is 28.6 Å². The molecule has 0 aliphatic carbocycles. The summed E-state index contributed by atoms with van der Waals surface area (Å²) in [6.07, 6.45) is 4.83. The van der Waals surface area contributed by atoms with Crippen LogP contribution in [0.4, 0.5) is 0 Å². The van der Waals surface area contributed by atoms with Gasteiger partial charge in [-0.1, -0.05) is 42.4 Å². The third kappa shape index (κ3) is 5.84. The molecule has 0 atom stereocenters. The van der Waals surface area contributed by atoms with E-state index in [0.29, 0.717) is 18.2 Å². The number of nitrogens with zero attached hydrogens (tertiary/aromatic N) is 2. The largest absolute Gasteiger partial charge is 0.492 e. The van der Waals surface area contributed by atoms with Crippen LogP contribution in [0.1, 0.15) is 25.1 Å². The van der Waals surface area contributed by atoms with E-state index in [-0.39, 0.29) is 5.91 Å². The molecule has 152 valence electrons. The van der Waals surface area contributed by atoms with Gasteiger partial charge in [-0.25, -0.2) is 4.98 Å². The minimum absolute atomic E-state index is 0.142. The lowest BCUT2D eigenvalue weighted by atomic mass is 10.2. The minimum Gasteiger partial charge on any atom is -0.492 e. The van der Waals surface area contributed by atoms with Crippen LogP contribution in [0, 0.1) is 0 Å². The average Bonchev–Trinajstić information content (AvgIpc) is 3.09. The zero-order chi connectivity index (χ0) is 20.5. The quantitative estimate of drug-likeness (QED) is 0.364. The zero-order valence-corrected chi connectivity index (χ0v) is 17.2. The van der Waals surface area contributed by atoms with Crippen molar-refractivity contribution < 1.29 is 9.53 Å². The number of imidazole rings is 1. The van der Waals surface area contributed by atoms with Crippen molar-refractivity contribution in [2.75, 3.05) is 13.2 Å². The molecule has 0 unspecified atom stereocenters. The first-order valence-corrected chi connectivity index (χ1v) is 10.3. The Kier molecular flexibility index (Phi) is 7.70. The van der Waals surface area contributed by atoms with Crippen molar-refractivity contribution in [2.24, 2.45) is 0 Å². The van der Waals surface area contributed by atoms with Crippen molar-refractivity contribution >= 4 is 28.5 Å². The fraction of sp³-hybridized carbons (Fsp3) is 0.304. The highest BCUT2D eigenvalue weighted by Gasteiger charge is 2.10. The number of rotatable bonds is 11. The summed E-state index contributed by atoms with van der Waals surface area (Å²) in [7, 11) is 0. The standard InChI is InChI=1S/C23H26ClN3O2/c1-2-23(28)25-15-9-14-22-26-19-11-4-5-12-20(19)27(22)16-7-8-17-29-21-13-6-3-10-18(21)24/h2-6,10-13H,1,7-9,14-17H2,(H,25,28). The first-order chi connectivity index (χ1) is 14.2. The maximum atomic E-state index is 11.3. The SMILES string of the molecule is C=CC(=O)NCCCc1nc2ccccc2n1CCCCOc1ccccc1Cl. The Balaban J connectivity index is 1.55. The molecule has 3 aromatic rings. The second-order valence-electron chi connectivity index (χ2n) is 6.75. The number of carbonyl (C=O) groups excluding carboxylic acids is 1. The number of unbranched alkanes of at least 4 members (excludes halogenated alkanes) is 1. The molecule has 0 aliphatic heterocycles. The maximum absolute atomic E-state index is 11.3. The molecule has 0 spiro atoms. The van der Waals surface area contributed by atoms with Gasteiger partial charge in [0.05, 0.1) is 22.7 Å². The summed E-state index contributed by atoms with van der Waals surface area (Å²) < 4.78 is 8.06. The molecule has 0 radical (unpaired) electrons. The van der Waals surface area contributed by atoms with Crippen molar-refractivity contribution in [1.82, 2.24) is 14.9 Å². The van der Waals surface area contributed by atoms with Gasteiger partial charge in [-0.3, -0.25) is 4.79 Å². The van der Waals surface area contributed by atoms with Crippen LogP contribution in [0.2, 0.25) is 5.02 Å². The molecule has 2 aromatic carbocycles. The summed E-state index contributed by atoms with van der Waals surface area (Å²) in [6.45, 7) is 5.58. The van der Waals surface area contributed by atoms with Crippen LogP contribution in [0.15, 0.2) is 61.2 Å². The van der Waals surface area contributed by atoms with Gasteiger partial charge in [0.2, 0.25) is 5.91 Å². The molecule has 6 heteroatoms. The first kappa shape index (κ1) is 20.9. The number of aryl methyl sites for hydroxylation is 2. The summed E-state index contributed by atoms with van der Waals surface area (Å²) in [5.74, 6) is 1.63. The fourth-order valence-corrected chi connectivity index (χ4v) is 3.40. The van der Waals surface area contributed by atoms with E-state index in [1.54, 1.807) is 0 Å². The monoisotopic (exact) mass is 411 g/mol. The Hall–Kier alpha value is -2.79. The van der Waals surface area contributed by atoms with E-state index in [0.717, 1.165) is 54.8 Å². The van der Waals surface area contributed by atoms with E-state index >= 15 is 0 Å². The van der Waals surface area contributed by atoms with Gasteiger partial charge in [-0.2, -0.15) is 0 Å². The van der Waals surface area contributed by atoms with E-state index < -0.39 is 0 Å². The molecule has 0 bridgehead atoms. The van der Waals surface area contributed by atoms with Gasteiger partial charge in [0.15, 0.2) is 0 Å². The Morgan fingerprint density at radius 1 is 1.14 bits per heavy atom. The first-order valence-electron chi connectivity index (χ1n) is 9.91. The van der Waals surface area contributed by atoms with Crippen molar-refractivity contribution in [3.8, 4) is 5.75 Å². The highest BCUT2D eigenvalue weighted by atomic mass is 35.5. The number of halogens is 1. The van der Waals surface area contributed by atoms with E-state index in [9.17, 15) is 4.79 Å². The number of nitrogens with one attached hydrogen (secondary N) is 1. The number of amides is 1. The molecule has 3 rings (SSSR count). The summed E-state index contributed by atoms with van der Waals surface area (Å²) >= 11 is 6.12. The maximum Gasteiger partial charge on any atom is 0.243 e. The predicted molar refractivity (Wildman–Crippen MR) is 117 cm³/mol. The summed E-state index contributed by atoms with van der Waals surface area (Å²) in [4.78, 5) is 16.1. The zero-order valence-electron chi connectivity index (χ0n) is 16.4. The Labute approximate surface area is 176 Å². The van der Waals surface area contributed by atoms with Crippen LogP contribution >= 0.6 is 11.6 Å². The summed E-state index contributed by atoms with van der Waals surface area (Å²) in [6, 6.07) is 15.7. The molecule has 1 amide bonds. The average molecular weight is 412 g/mol. The number of hydrogen-bond acceptors (Lipinski definition) is 3.